The number of ether oxygens (including phenoxy) is 1. The van der Waals surface area contributed by atoms with Gasteiger partial charge in [0.15, 0.2) is 0 Å². The molecule has 2 aromatic rings. The molecule has 2 aliphatic carbocycles. The predicted octanol–water partition coefficient (Wildman–Crippen LogP) is 3.35. The van der Waals surface area contributed by atoms with Gasteiger partial charge in [0.1, 0.15) is 23.0 Å². The summed E-state index contributed by atoms with van der Waals surface area (Å²) in [5.74, 6) is 1.82. The number of thiophene rings is 1. The summed E-state index contributed by atoms with van der Waals surface area (Å²) in [5.41, 5.74) is 1.32. The molecule has 1 fully saturated rings. The Morgan fingerprint density at radius 3 is 2.69 bits per heavy atom. The molecular formula is C19H27N3O2S2. The third-order valence-corrected chi connectivity index (χ3v) is 7.83. The molecule has 4 rings (SSSR count). The van der Waals surface area contributed by atoms with Crippen molar-refractivity contribution in [3.05, 3.63) is 16.8 Å². The van der Waals surface area contributed by atoms with Crippen molar-refractivity contribution in [2.45, 2.75) is 56.6 Å². The molecule has 0 aromatic carbocycles. The zero-order valence-corrected chi connectivity index (χ0v) is 17.4. The molecule has 1 saturated carbocycles. The lowest BCUT2D eigenvalue weighted by Gasteiger charge is -2.32. The van der Waals surface area contributed by atoms with Crippen LogP contribution in [0.25, 0.3) is 10.2 Å². The molecule has 26 heavy (non-hydrogen) atoms. The van der Waals surface area contributed by atoms with Crippen molar-refractivity contribution in [3.8, 4) is 5.88 Å². The molecule has 0 bridgehead atoms. The highest BCUT2D eigenvalue weighted by atomic mass is 32.2. The fraction of sp³-hybridized carbons (Fsp3) is 0.684. The maximum absolute atomic E-state index is 11.8. The molecular weight excluding hydrogens is 366 g/mol. The molecule has 0 spiro atoms. The summed E-state index contributed by atoms with van der Waals surface area (Å²) >= 11 is 0.968. The van der Waals surface area contributed by atoms with Gasteiger partial charge < -0.3 is 14.2 Å². The lowest BCUT2D eigenvalue weighted by molar-refractivity contribution is 0.108. The van der Waals surface area contributed by atoms with E-state index in [0.29, 0.717) is 12.0 Å². The minimum absolute atomic E-state index is 0.236. The molecule has 2 atom stereocenters. The van der Waals surface area contributed by atoms with Crippen LogP contribution in [0.3, 0.4) is 0 Å². The minimum Gasteiger partial charge on any atom is -0.617 e. The fourth-order valence-corrected chi connectivity index (χ4v) is 6.55. The average molecular weight is 394 g/mol. The number of hydrogen-bond donors (Lipinski definition) is 0. The zero-order valence-electron chi connectivity index (χ0n) is 15.7. The molecule has 2 aliphatic rings. The molecule has 2 heterocycles. The van der Waals surface area contributed by atoms with Crippen LogP contribution in [0.2, 0.25) is 0 Å². The summed E-state index contributed by atoms with van der Waals surface area (Å²) < 4.78 is 18.2. The average Bonchev–Trinajstić information content (AvgIpc) is 3.15. The second kappa shape index (κ2) is 7.62. The van der Waals surface area contributed by atoms with E-state index in [4.69, 9.17) is 4.74 Å². The Morgan fingerprint density at radius 1 is 1.23 bits per heavy atom. The molecule has 0 radical (unpaired) electrons. The van der Waals surface area contributed by atoms with Crippen molar-refractivity contribution in [2.24, 2.45) is 0 Å². The fourth-order valence-electron chi connectivity index (χ4n) is 4.42. The van der Waals surface area contributed by atoms with E-state index in [1.807, 2.05) is 0 Å². The van der Waals surface area contributed by atoms with E-state index in [1.165, 1.54) is 23.3 Å². The predicted molar refractivity (Wildman–Crippen MR) is 108 cm³/mol. The highest BCUT2D eigenvalue weighted by Gasteiger charge is 2.33. The van der Waals surface area contributed by atoms with Crippen LogP contribution in [0.15, 0.2) is 6.33 Å². The van der Waals surface area contributed by atoms with Gasteiger partial charge >= 0.3 is 0 Å². The summed E-state index contributed by atoms with van der Waals surface area (Å²) in [6, 6.07) is 0.662. The van der Waals surface area contributed by atoms with E-state index in [-0.39, 0.29) is 6.10 Å². The van der Waals surface area contributed by atoms with Crippen LogP contribution in [0.5, 0.6) is 5.88 Å². The molecule has 142 valence electrons. The molecule has 0 saturated heterocycles. The van der Waals surface area contributed by atoms with Gasteiger partial charge in [-0.3, -0.25) is 0 Å². The second-order valence-corrected chi connectivity index (χ2v) is 10.3. The first-order valence-corrected chi connectivity index (χ1v) is 12.0. The molecule has 0 amide bonds. The van der Waals surface area contributed by atoms with Gasteiger partial charge in [-0.15, -0.1) is 11.3 Å². The summed E-state index contributed by atoms with van der Waals surface area (Å²) in [5, 5.41) is 1.09. The number of hydrogen-bond acceptors (Lipinski definition) is 6. The molecule has 0 N–H and O–H groups in total. The molecule has 7 heteroatoms. The lowest BCUT2D eigenvalue weighted by atomic mass is 9.92. The Labute approximate surface area is 162 Å². The van der Waals surface area contributed by atoms with Crippen LogP contribution in [-0.4, -0.2) is 57.7 Å². The minimum atomic E-state index is -0.793. The van der Waals surface area contributed by atoms with Crippen molar-refractivity contribution < 1.29 is 9.29 Å². The summed E-state index contributed by atoms with van der Waals surface area (Å²) in [7, 11) is 4.32. The normalized spacial score (nSPS) is 27.0. The van der Waals surface area contributed by atoms with Gasteiger partial charge in [0.05, 0.1) is 11.6 Å². The van der Waals surface area contributed by atoms with Crippen LogP contribution >= 0.6 is 11.3 Å². The molecule has 1 unspecified atom stereocenters. The number of nitrogens with zero attached hydrogens (tertiary/aromatic N) is 3. The molecule has 2 aromatic heterocycles. The van der Waals surface area contributed by atoms with Crippen LogP contribution < -0.4 is 4.74 Å². The van der Waals surface area contributed by atoms with E-state index < -0.39 is 11.2 Å². The van der Waals surface area contributed by atoms with E-state index in [0.717, 1.165) is 47.5 Å². The Hall–Kier alpha value is -0.890. The molecule has 0 aliphatic heterocycles. The third kappa shape index (κ3) is 3.59. The van der Waals surface area contributed by atoms with E-state index in [1.54, 1.807) is 23.9 Å². The Bertz CT molecular complexity index is 769. The smallest absolute Gasteiger partial charge is 0.225 e. The van der Waals surface area contributed by atoms with Crippen molar-refractivity contribution in [1.29, 1.82) is 0 Å². The first-order chi connectivity index (χ1) is 12.5. The van der Waals surface area contributed by atoms with Gasteiger partial charge in [0, 0.05) is 16.8 Å². The van der Waals surface area contributed by atoms with Crippen LogP contribution in [-0.2, 0) is 17.6 Å². The number of aryl methyl sites for hydroxylation is 1. The summed E-state index contributed by atoms with van der Waals surface area (Å²) in [6.45, 7) is 0. The van der Waals surface area contributed by atoms with Crippen LogP contribution in [0.1, 0.15) is 48.5 Å². The first kappa shape index (κ1) is 18.5. The Balaban J connectivity index is 1.58. The van der Waals surface area contributed by atoms with Gasteiger partial charge in [-0.2, -0.15) is 0 Å². The topological polar surface area (TPSA) is 61.3 Å². The Morgan fingerprint density at radius 2 is 2.00 bits per heavy atom. The van der Waals surface area contributed by atoms with Crippen molar-refractivity contribution in [2.75, 3.05) is 26.1 Å². The molecule has 5 nitrogen and oxygen atoms in total. The van der Waals surface area contributed by atoms with Gasteiger partial charge in [-0.05, 0) is 58.2 Å². The lowest BCUT2D eigenvalue weighted by Crippen LogP contribution is -2.35. The third-order valence-electron chi connectivity index (χ3n) is 5.78. The second-order valence-electron chi connectivity index (χ2n) is 7.79. The van der Waals surface area contributed by atoms with Gasteiger partial charge in [0.2, 0.25) is 5.88 Å². The summed E-state index contributed by atoms with van der Waals surface area (Å²) in [4.78, 5) is 13.7. The van der Waals surface area contributed by atoms with Gasteiger partial charge in [-0.1, -0.05) is 11.2 Å². The Kier molecular flexibility index (Phi) is 5.41. The van der Waals surface area contributed by atoms with Gasteiger partial charge in [0.25, 0.3) is 0 Å². The summed E-state index contributed by atoms with van der Waals surface area (Å²) in [6.07, 6.45) is 10.3. The van der Waals surface area contributed by atoms with E-state index in [2.05, 4.69) is 29.0 Å². The largest absolute Gasteiger partial charge is 0.617 e. The monoisotopic (exact) mass is 393 g/mol. The highest BCUT2D eigenvalue weighted by molar-refractivity contribution is 7.90. The van der Waals surface area contributed by atoms with Gasteiger partial charge in [-0.25, -0.2) is 9.97 Å². The quantitative estimate of drug-likeness (QED) is 0.729. The van der Waals surface area contributed by atoms with Crippen molar-refractivity contribution >= 4 is 32.7 Å². The van der Waals surface area contributed by atoms with Crippen molar-refractivity contribution in [1.82, 2.24) is 14.9 Å². The van der Waals surface area contributed by atoms with E-state index >= 15 is 0 Å². The van der Waals surface area contributed by atoms with Crippen LogP contribution in [0, 0.1) is 0 Å². The number of aromatic nitrogens is 2. The SMILES string of the molecule is CN(C)[C@H]1CC[C@H](Oc2ncnc3sc4c(c23)[C@H](C[S+](C)[O-])CC4)CC1. The van der Waals surface area contributed by atoms with E-state index in [9.17, 15) is 4.55 Å². The number of fused-ring (bicyclic) bond motifs is 3. The zero-order chi connectivity index (χ0) is 18.3. The van der Waals surface area contributed by atoms with Crippen molar-refractivity contribution in [3.63, 3.8) is 0 Å². The number of rotatable bonds is 5. The first-order valence-electron chi connectivity index (χ1n) is 9.42. The maximum atomic E-state index is 11.8. The van der Waals surface area contributed by atoms with Crippen LogP contribution in [0.4, 0.5) is 0 Å². The maximum Gasteiger partial charge on any atom is 0.225 e. The standard InChI is InChI=1S/C19H27N3O2S2/c1-22(2)13-5-7-14(8-6-13)24-18-17-16-12(10-26(3)23)4-9-15(16)25-19(17)21-11-20-18/h11-14H,4-10H2,1-3H3/t12-,13-,14-,26?/m0/s1. The highest BCUT2D eigenvalue weighted by Crippen LogP contribution is 2.46.